The number of hydrogen-bond donors (Lipinski definition) is 4. The summed E-state index contributed by atoms with van der Waals surface area (Å²) >= 11 is 0. The zero-order valence-corrected chi connectivity index (χ0v) is 35.1. The highest BCUT2D eigenvalue weighted by Gasteiger charge is 2.38. The maximum atomic E-state index is 13.7. The Morgan fingerprint density at radius 3 is 2.03 bits per heavy atom. The molecule has 15 heteroatoms. The van der Waals surface area contributed by atoms with Gasteiger partial charge in [-0.2, -0.15) is 0 Å². The fourth-order valence-corrected chi connectivity index (χ4v) is 8.80. The van der Waals surface area contributed by atoms with E-state index >= 15 is 0 Å². The third kappa shape index (κ3) is 8.70. The van der Waals surface area contributed by atoms with Gasteiger partial charge in [-0.3, -0.25) is 19.4 Å². The highest BCUT2D eigenvalue weighted by Crippen LogP contribution is 2.41. The molecule has 2 aromatic heterocycles. The van der Waals surface area contributed by atoms with Crippen LogP contribution < -0.4 is 15.5 Å². The number of benzene rings is 2. The van der Waals surface area contributed by atoms with Crippen molar-refractivity contribution < 1.29 is 28.7 Å². The van der Waals surface area contributed by atoms with Gasteiger partial charge in [0, 0.05) is 31.6 Å². The van der Waals surface area contributed by atoms with Crippen LogP contribution in [0.1, 0.15) is 95.2 Å². The first kappa shape index (κ1) is 41.5. The molecule has 4 N–H and O–H groups in total. The number of anilines is 2. The monoisotopic (exact) mass is 807 g/mol. The molecule has 0 aliphatic carbocycles. The van der Waals surface area contributed by atoms with E-state index < -0.39 is 18.2 Å². The Bertz CT molecular complexity index is 2180. The molecule has 4 unspecified atom stereocenters. The number of carbonyl (C=O) groups is 4. The molecule has 2 saturated heterocycles. The lowest BCUT2D eigenvalue weighted by Gasteiger charge is -2.30. The van der Waals surface area contributed by atoms with Crippen LogP contribution in [0.2, 0.25) is 0 Å². The number of nitrogens with zero attached hydrogens (tertiary/aromatic N) is 5. The number of hydrogen-bond acceptors (Lipinski definition) is 9. The van der Waals surface area contributed by atoms with Gasteiger partial charge >= 0.3 is 12.2 Å². The molecular formula is C44H57N9O6. The standard InChI is InChI=1S/C44H57N9O6/c1-25(2)34(49-43(56)58-6)24-51-18-8-10-36(51)40-45-22-32(47-40)29-16-17-35-31(20-29)15-13-28-12-14-30(21-38(28)53(35)27(5)54)33-23-46-41(48-33)37-11-9-19-52(37)42(55)39(26(3)4)50-44(57)59-7/h12,14,16-17,20-23,25-26,34,36-37,39H,8-11,13,15,18-19,24H2,1-7H3,(H,45,47)(H,46,48)(H,49,56)(H,50,57). The van der Waals surface area contributed by atoms with Gasteiger partial charge in [-0.25, -0.2) is 19.6 Å². The Balaban J connectivity index is 1.10. The molecule has 0 spiro atoms. The summed E-state index contributed by atoms with van der Waals surface area (Å²) in [5.41, 5.74) is 7.39. The van der Waals surface area contributed by atoms with Crippen molar-refractivity contribution in [1.82, 2.24) is 40.4 Å². The van der Waals surface area contributed by atoms with Gasteiger partial charge in [0.1, 0.15) is 17.7 Å². The number of imidazole rings is 2. The van der Waals surface area contributed by atoms with E-state index in [2.05, 4.69) is 57.5 Å². The number of aromatic nitrogens is 4. The highest BCUT2D eigenvalue weighted by molar-refractivity contribution is 6.02. The summed E-state index contributed by atoms with van der Waals surface area (Å²) in [6.45, 7) is 11.8. The average molecular weight is 808 g/mol. The topological polar surface area (TPSA) is 178 Å². The van der Waals surface area contributed by atoms with Gasteiger partial charge in [0.2, 0.25) is 11.8 Å². The van der Waals surface area contributed by atoms with Crippen LogP contribution in [-0.4, -0.2) is 99.7 Å². The minimum absolute atomic E-state index is 0.0505. The fraction of sp³-hybridized carbons (Fsp3) is 0.500. The third-order valence-corrected chi connectivity index (χ3v) is 12.1. The summed E-state index contributed by atoms with van der Waals surface area (Å²) in [6, 6.07) is 11.5. The van der Waals surface area contributed by atoms with Gasteiger partial charge in [-0.05, 0) is 91.8 Å². The van der Waals surface area contributed by atoms with E-state index in [1.807, 2.05) is 43.1 Å². The highest BCUT2D eigenvalue weighted by atomic mass is 16.5. The molecule has 314 valence electrons. The lowest BCUT2D eigenvalue weighted by Crippen LogP contribution is -2.51. The van der Waals surface area contributed by atoms with Crippen molar-refractivity contribution in [2.45, 2.75) is 97.3 Å². The smallest absolute Gasteiger partial charge is 0.407 e. The summed E-state index contributed by atoms with van der Waals surface area (Å²) in [5.74, 6) is 1.45. The van der Waals surface area contributed by atoms with Crippen LogP contribution in [-0.2, 0) is 31.9 Å². The fourth-order valence-electron chi connectivity index (χ4n) is 8.80. The van der Waals surface area contributed by atoms with E-state index in [1.54, 1.807) is 18.0 Å². The summed E-state index contributed by atoms with van der Waals surface area (Å²) < 4.78 is 9.67. The van der Waals surface area contributed by atoms with Crippen molar-refractivity contribution in [3.8, 4) is 22.5 Å². The van der Waals surface area contributed by atoms with Crippen LogP contribution in [0, 0.1) is 11.8 Å². The zero-order chi connectivity index (χ0) is 42.0. The SMILES string of the molecule is COC(=O)NC(CN1CCCC1c1ncc(-c2ccc3c(c2)CCc2ccc(-c4cnc(C5CCCN5C(=O)C(NC(=O)OC)C(C)C)[nH]4)cc2N3C(C)=O)[nH]1)C(C)C. The number of H-pyrrole nitrogens is 2. The Labute approximate surface area is 345 Å². The second-order valence-corrected chi connectivity index (χ2v) is 16.6. The van der Waals surface area contributed by atoms with E-state index in [4.69, 9.17) is 19.4 Å². The lowest BCUT2D eigenvalue weighted by molar-refractivity contribution is -0.135. The summed E-state index contributed by atoms with van der Waals surface area (Å²) in [4.78, 5) is 74.0. The maximum Gasteiger partial charge on any atom is 0.407 e. The average Bonchev–Trinajstić information content (AvgIpc) is 4.05. The normalized spacial score (nSPS) is 18.9. The number of methoxy groups -OCH3 is 2. The van der Waals surface area contributed by atoms with E-state index in [0.717, 1.165) is 95.9 Å². The van der Waals surface area contributed by atoms with E-state index in [9.17, 15) is 19.2 Å². The molecule has 15 nitrogen and oxygen atoms in total. The molecule has 59 heavy (non-hydrogen) atoms. The van der Waals surface area contributed by atoms with Crippen molar-refractivity contribution >= 4 is 35.4 Å². The van der Waals surface area contributed by atoms with Crippen LogP contribution in [0.25, 0.3) is 22.5 Å². The number of aromatic amines is 2. The molecule has 4 amide bonds. The minimum atomic E-state index is -0.717. The molecule has 5 heterocycles. The molecule has 2 fully saturated rings. The number of rotatable bonds is 11. The van der Waals surface area contributed by atoms with Gasteiger partial charge in [-0.15, -0.1) is 0 Å². The minimum Gasteiger partial charge on any atom is -0.453 e. The van der Waals surface area contributed by atoms with Crippen LogP contribution in [0.4, 0.5) is 21.0 Å². The van der Waals surface area contributed by atoms with E-state index in [0.29, 0.717) is 18.9 Å². The number of amides is 4. The number of fused-ring (bicyclic) bond motifs is 2. The Morgan fingerprint density at radius 1 is 0.763 bits per heavy atom. The molecule has 0 saturated carbocycles. The predicted molar refractivity (Wildman–Crippen MR) is 224 cm³/mol. The number of carbonyl (C=O) groups excluding carboxylic acids is 4. The first-order valence-corrected chi connectivity index (χ1v) is 20.8. The summed E-state index contributed by atoms with van der Waals surface area (Å²) in [7, 11) is 2.67. The summed E-state index contributed by atoms with van der Waals surface area (Å²) in [5, 5.41) is 5.70. The Hall–Kier alpha value is -5.70. The van der Waals surface area contributed by atoms with Crippen LogP contribution >= 0.6 is 0 Å². The van der Waals surface area contributed by atoms with Gasteiger partial charge in [0.15, 0.2) is 0 Å². The van der Waals surface area contributed by atoms with Crippen molar-refractivity contribution in [3.05, 3.63) is 71.6 Å². The first-order chi connectivity index (χ1) is 28.4. The molecule has 7 rings (SSSR count). The zero-order valence-electron chi connectivity index (χ0n) is 35.1. The quantitative estimate of drug-likeness (QED) is 0.127. The van der Waals surface area contributed by atoms with Gasteiger partial charge in [0.25, 0.3) is 0 Å². The number of alkyl carbamates (subject to hydrolysis) is 2. The van der Waals surface area contributed by atoms with Crippen LogP contribution in [0.15, 0.2) is 48.8 Å². The molecule has 2 aromatic carbocycles. The van der Waals surface area contributed by atoms with E-state index in [1.165, 1.54) is 14.2 Å². The maximum absolute atomic E-state index is 13.7. The number of nitrogens with one attached hydrogen (secondary N) is 4. The predicted octanol–water partition coefficient (Wildman–Crippen LogP) is 6.81. The number of aryl methyl sites for hydroxylation is 2. The van der Waals surface area contributed by atoms with Gasteiger partial charge in [-0.1, -0.05) is 45.9 Å². The van der Waals surface area contributed by atoms with Gasteiger partial charge < -0.3 is 35.0 Å². The molecular weight excluding hydrogens is 751 g/mol. The van der Waals surface area contributed by atoms with Crippen molar-refractivity contribution in [1.29, 1.82) is 0 Å². The Morgan fingerprint density at radius 2 is 1.37 bits per heavy atom. The third-order valence-electron chi connectivity index (χ3n) is 12.1. The second kappa shape index (κ2) is 17.7. The molecule has 3 aliphatic rings. The number of likely N-dealkylation sites (tertiary alicyclic amines) is 2. The molecule has 4 aromatic rings. The van der Waals surface area contributed by atoms with Crippen LogP contribution in [0.3, 0.4) is 0 Å². The molecule has 3 aliphatic heterocycles. The Kier molecular flexibility index (Phi) is 12.4. The largest absolute Gasteiger partial charge is 0.453 e. The first-order valence-electron chi connectivity index (χ1n) is 20.8. The second-order valence-electron chi connectivity index (χ2n) is 16.6. The van der Waals surface area contributed by atoms with Crippen LogP contribution in [0.5, 0.6) is 0 Å². The lowest BCUT2D eigenvalue weighted by atomic mass is 10.0. The van der Waals surface area contributed by atoms with E-state index in [-0.39, 0.29) is 41.8 Å². The van der Waals surface area contributed by atoms with Crippen molar-refractivity contribution in [2.75, 3.05) is 38.8 Å². The molecule has 0 bridgehead atoms. The molecule has 0 radical (unpaired) electrons. The van der Waals surface area contributed by atoms with Crippen molar-refractivity contribution in [3.63, 3.8) is 0 Å². The van der Waals surface area contributed by atoms with Gasteiger partial charge in [0.05, 0.1) is 61.5 Å². The molecule has 4 atom stereocenters. The number of ether oxygens (including phenoxy) is 2. The van der Waals surface area contributed by atoms with Crippen molar-refractivity contribution in [2.24, 2.45) is 11.8 Å². The summed E-state index contributed by atoms with van der Waals surface area (Å²) in [6.07, 6.45) is 7.71.